The lowest BCUT2D eigenvalue weighted by molar-refractivity contribution is -0.384. The van der Waals surface area contributed by atoms with Gasteiger partial charge in [0, 0.05) is 24.5 Å². The van der Waals surface area contributed by atoms with Crippen LogP contribution >= 0.6 is 0 Å². The summed E-state index contributed by atoms with van der Waals surface area (Å²) in [5, 5.41) is 11.1. The molecule has 0 aliphatic heterocycles. The molecule has 0 aliphatic rings. The summed E-state index contributed by atoms with van der Waals surface area (Å²) in [7, 11) is 0. The summed E-state index contributed by atoms with van der Waals surface area (Å²) in [5.41, 5.74) is 1.67. The highest BCUT2D eigenvalue weighted by Gasteiger charge is 2.17. The first-order valence-corrected chi connectivity index (χ1v) is 7.38. The number of benzene rings is 1. The van der Waals surface area contributed by atoms with Gasteiger partial charge in [0.15, 0.2) is 5.65 Å². The number of hydrogen-bond acceptors (Lipinski definition) is 6. The van der Waals surface area contributed by atoms with Gasteiger partial charge in [0.2, 0.25) is 0 Å². The van der Waals surface area contributed by atoms with Crippen molar-refractivity contribution >= 4 is 16.9 Å². The zero-order chi connectivity index (χ0) is 17.2. The molecule has 0 saturated carbocycles. The van der Waals surface area contributed by atoms with Crippen LogP contribution in [0, 0.1) is 10.1 Å². The average Bonchev–Trinajstić information content (AvgIpc) is 3.00. The SMILES string of the molecule is O=[N+]([O-])c1cccc(-n2c(Oc3cccnc3)nc3cccnc32)c1. The molecule has 8 nitrogen and oxygen atoms in total. The fourth-order valence-corrected chi connectivity index (χ4v) is 2.45. The Labute approximate surface area is 141 Å². The summed E-state index contributed by atoms with van der Waals surface area (Å²) < 4.78 is 7.46. The van der Waals surface area contributed by atoms with E-state index in [-0.39, 0.29) is 11.7 Å². The monoisotopic (exact) mass is 333 g/mol. The second-order valence-corrected chi connectivity index (χ2v) is 5.14. The van der Waals surface area contributed by atoms with E-state index < -0.39 is 4.92 Å². The lowest BCUT2D eigenvalue weighted by Gasteiger charge is -2.09. The third kappa shape index (κ3) is 2.76. The van der Waals surface area contributed by atoms with Crippen molar-refractivity contribution in [2.24, 2.45) is 0 Å². The molecule has 4 aromatic rings. The molecule has 8 heteroatoms. The van der Waals surface area contributed by atoms with E-state index >= 15 is 0 Å². The molecule has 122 valence electrons. The molecule has 0 amide bonds. The first kappa shape index (κ1) is 14.8. The number of rotatable bonds is 4. The van der Waals surface area contributed by atoms with E-state index in [9.17, 15) is 10.1 Å². The van der Waals surface area contributed by atoms with Gasteiger partial charge in [-0.05, 0) is 30.3 Å². The van der Waals surface area contributed by atoms with Crippen molar-refractivity contribution in [1.82, 2.24) is 19.5 Å². The quantitative estimate of drug-likeness (QED) is 0.419. The average molecular weight is 333 g/mol. The van der Waals surface area contributed by atoms with E-state index in [1.807, 2.05) is 0 Å². The molecule has 3 heterocycles. The molecule has 0 unspecified atom stereocenters. The number of hydrogen-bond donors (Lipinski definition) is 0. The number of nitro groups is 1. The van der Waals surface area contributed by atoms with Crippen LogP contribution in [-0.4, -0.2) is 24.4 Å². The highest BCUT2D eigenvalue weighted by Crippen LogP contribution is 2.29. The summed E-state index contributed by atoms with van der Waals surface area (Å²) in [4.78, 5) is 23.4. The smallest absolute Gasteiger partial charge is 0.309 e. The number of ether oxygens (including phenoxy) is 1. The Hall–Kier alpha value is -3.81. The van der Waals surface area contributed by atoms with Gasteiger partial charge >= 0.3 is 6.01 Å². The standard InChI is InChI=1S/C17H11N5O3/c23-22(24)13-5-1-4-12(10-13)21-16-15(7-3-9-19-16)20-17(21)25-14-6-2-8-18-11-14/h1-11H. The Morgan fingerprint density at radius 1 is 1.08 bits per heavy atom. The molecule has 4 rings (SSSR count). The van der Waals surface area contributed by atoms with Crippen LogP contribution in [0.4, 0.5) is 5.69 Å². The first-order valence-electron chi connectivity index (χ1n) is 7.38. The molecule has 3 aromatic heterocycles. The summed E-state index contributed by atoms with van der Waals surface area (Å²) in [6.07, 6.45) is 4.83. The van der Waals surface area contributed by atoms with Crippen molar-refractivity contribution in [2.75, 3.05) is 0 Å². The summed E-state index contributed by atoms with van der Waals surface area (Å²) >= 11 is 0. The van der Waals surface area contributed by atoms with Gasteiger partial charge in [-0.15, -0.1) is 0 Å². The van der Waals surface area contributed by atoms with Gasteiger partial charge in [-0.3, -0.25) is 15.1 Å². The lowest BCUT2D eigenvalue weighted by Crippen LogP contribution is -2.00. The number of aromatic nitrogens is 4. The number of nitrogens with zero attached hydrogens (tertiary/aromatic N) is 5. The normalized spacial score (nSPS) is 10.7. The van der Waals surface area contributed by atoms with Crippen LogP contribution in [0.25, 0.3) is 16.9 Å². The Kier molecular flexibility index (Phi) is 3.55. The van der Waals surface area contributed by atoms with Crippen molar-refractivity contribution < 1.29 is 9.66 Å². The van der Waals surface area contributed by atoms with Gasteiger partial charge in [-0.25, -0.2) is 9.55 Å². The molecule has 0 spiro atoms. The third-order valence-electron chi connectivity index (χ3n) is 3.53. The fourth-order valence-electron chi connectivity index (χ4n) is 2.45. The summed E-state index contributed by atoms with van der Waals surface area (Å²) in [6.45, 7) is 0. The minimum atomic E-state index is -0.447. The maximum atomic E-state index is 11.1. The fraction of sp³-hybridized carbons (Fsp3) is 0. The van der Waals surface area contributed by atoms with E-state index in [4.69, 9.17) is 4.74 Å². The van der Waals surface area contributed by atoms with Crippen LogP contribution in [-0.2, 0) is 0 Å². The first-order chi connectivity index (χ1) is 12.2. The van der Waals surface area contributed by atoms with Crippen molar-refractivity contribution in [3.63, 3.8) is 0 Å². The molecule has 0 bridgehead atoms. The van der Waals surface area contributed by atoms with Gasteiger partial charge in [0.1, 0.15) is 11.3 Å². The van der Waals surface area contributed by atoms with Gasteiger partial charge in [0.25, 0.3) is 5.69 Å². The van der Waals surface area contributed by atoms with Crippen LogP contribution in [0.1, 0.15) is 0 Å². The van der Waals surface area contributed by atoms with Crippen LogP contribution in [0.5, 0.6) is 11.8 Å². The number of imidazole rings is 1. The van der Waals surface area contributed by atoms with Gasteiger partial charge in [0.05, 0.1) is 16.8 Å². The van der Waals surface area contributed by atoms with Gasteiger partial charge < -0.3 is 4.74 Å². The molecule has 0 fully saturated rings. The molecule has 0 N–H and O–H groups in total. The maximum absolute atomic E-state index is 11.1. The molecule has 0 atom stereocenters. The van der Waals surface area contributed by atoms with E-state index in [1.165, 1.54) is 12.1 Å². The predicted molar refractivity (Wildman–Crippen MR) is 89.8 cm³/mol. The topological polar surface area (TPSA) is 96.0 Å². The van der Waals surface area contributed by atoms with Crippen LogP contribution in [0.15, 0.2) is 67.1 Å². The molecular formula is C17H11N5O3. The number of fused-ring (bicyclic) bond motifs is 1. The molecular weight excluding hydrogens is 322 g/mol. The van der Waals surface area contributed by atoms with Gasteiger partial charge in [-0.1, -0.05) is 6.07 Å². The van der Waals surface area contributed by atoms with Crippen molar-refractivity contribution in [3.8, 4) is 17.4 Å². The molecule has 0 radical (unpaired) electrons. The minimum Gasteiger partial charge on any atom is -0.424 e. The van der Waals surface area contributed by atoms with Crippen LogP contribution in [0.3, 0.4) is 0 Å². The second kappa shape index (κ2) is 6.00. The van der Waals surface area contributed by atoms with Crippen molar-refractivity contribution in [2.45, 2.75) is 0 Å². The molecule has 0 aliphatic carbocycles. The van der Waals surface area contributed by atoms with Crippen molar-refractivity contribution in [3.05, 3.63) is 77.2 Å². The lowest BCUT2D eigenvalue weighted by atomic mass is 10.3. The Morgan fingerprint density at radius 3 is 2.76 bits per heavy atom. The predicted octanol–water partition coefficient (Wildman–Crippen LogP) is 3.52. The number of non-ortho nitro benzene ring substituents is 1. The number of pyridine rings is 2. The summed E-state index contributed by atoms with van der Waals surface area (Å²) in [6, 6.07) is 13.5. The van der Waals surface area contributed by atoms with E-state index in [0.29, 0.717) is 22.6 Å². The van der Waals surface area contributed by atoms with Crippen LogP contribution in [0.2, 0.25) is 0 Å². The van der Waals surface area contributed by atoms with Crippen molar-refractivity contribution in [1.29, 1.82) is 0 Å². The number of nitro benzene ring substituents is 1. The Balaban J connectivity index is 1.90. The molecule has 0 saturated heterocycles. The zero-order valence-electron chi connectivity index (χ0n) is 12.8. The van der Waals surface area contributed by atoms with Crippen LogP contribution < -0.4 is 4.74 Å². The van der Waals surface area contributed by atoms with Gasteiger partial charge in [-0.2, -0.15) is 4.98 Å². The summed E-state index contributed by atoms with van der Waals surface area (Å²) in [5.74, 6) is 0.504. The minimum absolute atomic E-state index is 0.0254. The highest BCUT2D eigenvalue weighted by atomic mass is 16.6. The highest BCUT2D eigenvalue weighted by molar-refractivity contribution is 5.75. The Morgan fingerprint density at radius 2 is 1.96 bits per heavy atom. The zero-order valence-corrected chi connectivity index (χ0v) is 12.8. The molecule has 25 heavy (non-hydrogen) atoms. The van der Waals surface area contributed by atoms with E-state index in [0.717, 1.165) is 0 Å². The van der Waals surface area contributed by atoms with E-state index in [1.54, 1.807) is 59.6 Å². The third-order valence-corrected chi connectivity index (χ3v) is 3.53. The maximum Gasteiger partial charge on any atom is 0.309 e. The Bertz CT molecular complexity index is 1060. The second-order valence-electron chi connectivity index (χ2n) is 5.14. The van der Waals surface area contributed by atoms with E-state index in [2.05, 4.69) is 15.0 Å². The largest absolute Gasteiger partial charge is 0.424 e. The molecule has 1 aromatic carbocycles.